The smallest absolute Gasteiger partial charge is 0.183 e. The highest BCUT2D eigenvalue weighted by Crippen LogP contribution is 2.11. The molecule has 1 rings (SSSR count). The van der Waals surface area contributed by atoms with Crippen LogP contribution >= 0.6 is 0 Å². The maximum atomic E-state index is 5.51. The number of ether oxygens (including phenoxy) is 1. The number of nitrogen functional groups attached to an aromatic ring is 1. The molecule has 0 amide bonds. The summed E-state index contributed by atoms with van der Waals surface area (Å²) < 4.78 is 4.85. The average Bonchev–Trinajstić information content (AvgIpc) is 2.32. The van der Waals surface area contributed by atoms with Crippen LogP contribution in [0.15, 0.2) is 36.7 Å². The van der Waals surface area contributed by atoms with Crippen LogP contribution in [-0.4, -0.2) is 7.11 Å². The van der Waals surface area contributed by atoms with Crippen molar-refractivity contribution in [3.05, 3.63) is 36.7 Å². The fraction of sp³-hybridized carbons (Fsp3) is 0.385. The maximum Gasteiger partial charge on any atom is 0.183 e. The zero-order chi connectivity index (χ0) is 12.4. The highest BCUT2D eigenvalue weighted by Gasteiger charge is 1.92. The Bertz CT molecular complexity index is 291. The van der Waals surface area contributed by atoms with E-state index in [0.717, 1.165) is 11.4 Å². The van der Waals surface area contributed by atoms with Crippen LogP contribution in [-0.2, 0) is 4.74 Å². The zero-order valence-electron chi connectivity index (χ0n) is 10.4. The van der Waals surface area contributed by atoms with Crippen molar-refractivity contribution in [2.45, 2.75) is 26.7 Å². The second-order valence-electron chi connectivity index (χ2n) is 3.37. The number of anilines is 2. The van der Waals surface area contributed by atoms with E-state index in [1.165, 1.54) is 12.8 Å². The molecule has 0 fully saturated rings. The molecule has 0 spiro atoms. The summed E-state index contributed by atoms with van der Waals surface area (Å²) in [5, 5.41) is 2.95. The van der Waals surface area contributed by atoms with Crippen LogP contribution in [0.1, 0.15) is 26.7 Å². The van der Waals surface area contributed by atoms with E-state index in [4.69, 9.17) is 10.5 Å². The molecule has 90 valence electrons. The van der Waals surface area contributed by atoms with Gasteiger partial charge in [-0.15, -0.1) is 0 Å². The lowest BCUT2D eigenvalue weighted by Gasteiger charge is -2.07. The van der Waals surface area contributed by atoms with Gasteiger partial charge in [0.25, 0.3) is 0 Å². The molecule has 0 saturated carbocycles. The second kappa shape index (κ2) is 8.65. The first-order valence-electron chi connectivity index (χ1n) is 5.49. The van der Waals surface area contributed by atoms with E-state index in [2.05, 4.69) is 25.7 Å². The highest BCUT2D eigenvalue weighted by molar-refractivity contribution is 5.53. The Labute approximate surface area is 98.3 Å². The second-order valence-corrected chi connectivity index (χ2v) is 3.37. The summed E-state index contributed by atoms with van der Waals surface area (Å²) >= 11 is 0. The molecule has 0 aromatic heterocycles. The third-order valence-corrected chi connectivity index (χ3v) is 1.94. The summed E-state index contributed by atoms with van der Waals surface area (Å²) in [5.74, 6) is 0.514. The fourth-order valence-corrected chi connectivity index (χ4v) is 0.778. The van der Waals surface area contributed by atoms with E-state index in [-0.39, 0.29) is 0 Å². The first kappa shape index (κ1) is 14.4. The number of benzene rings is 1. The first-order valence-corrected chi connectivity index (χ1v) is 5.49. The molecular weight excluding hydrogens is 200 g/mol. The lowest BCUT2D eigenvalue weighted by atomic mass is 10.3. The molecule has 0 heterocycles. The summed E-state index contributed by atoms with van der Waals surface area (Å²) in [6.07, 6.45) is 2.64. The quantitative estimate of drug-likeness (QED) is 0.604. The molecule has 0 aliphatic heterocycles. The Morgan fingerprint density at radius 1 is 1.25 bits per heavy atom. The van der Waals surface area contributed by atoms with E-state index in [0.29, 0.717) is 5.88 Å². The number of nitrogens with one attached hydrogen (secondary N) is 1. The van der Waals surface area contributed by atoms with Crippen LogP contribution in [0.3, 0.4) is 0 Å². The van der Waals surface area contributed by atoms with Crippen molar-refractivity contribution in [2.75, 3.05) is 18.2 Å². The Balaban J connectivity index is 0.000000487. The summed E-state index contributed by atoms with van der Waals surface area (Å²) in [5.41, 5.74) is 7.16. The minimum atomic E-state index is 0.514. The number of methoxy groups -OCH3 is 1. The summed E-state index contributed by atoms with van der Waals surface area (Å²) in [6, 6.07) is 7.34. The standard InChI is InChI=1S/C9H12N2O.C4H10/c1-7(12-2)11-9-5-3-8(10)4-6-9;1-3-4-2/h3-6,11H,1,10H2,2H3;3-4H2,1-2H3. The Hall–Kier alpha value is -1.64. The van der Waals surface area contributed by atoms with Crippen molar-refractivity contribution < 1.29 is 4.74 Å². The van der Waals surface area contributed by atoms with Crippen LogP contribution in [0.5, 0.6) is 0 Å². The van der Waals surface area contributed by atoms with Crippen molar-refractivity contribution in [2.24, 2.45) is 0 Å². The van der Waals surface area contributed by atoms with Gasteiger partial charge in [-0.05, 0) is 30.8 Å². The maximum absolute atomic E-state index is 5.51. The minimum absolute atomic E-state index is 0.514. The number of rotatable bonds is 4. The molecule has 16 heavy (non-hydrogen) atoms. The summed E-state index contributed by atoms with van der Waals surface area (Å²) in [7, 11) is 1.56. The van der Waals surface area contributed by atoms with Gasteiger partial charge in [0.05, 0.1) is 7.11 Å². The van der Waals surface area contributed by atoms with Gasteiger partial charge in [0, 0.05) is 11.4 Å². The van der Waals surface area contributed by atoms with Crippen LogP contribution in [0.4, 0.5) is 11.4 Å². The van der Waals surface area contributed by atoms with Crippen molar-refractivity contribution in [3.63, 3.8) is 0 Å². The number of nitrogens with two attached hydrogens (primary N) is 1. The van der Waals surface area contributed by atoms with Crippen LogP contribution < -0.4 is 11.1 Å². The first-order chi connectivity index (χ1) is 7.63. The van der Waals surface area contributed by atoms with Crippen molar-refractivity contribution in [1.29, 1.82) is 0 Å². The van der Waals surface area contributed by atoms with Gasteiger partial charge in [-0.25, -0.2) is 0 Å². The van der Waals surface area contributed by atoms with Gasteiger partial charge in [-0.3, -0.25) is 0 Å². The van der Waals surface area contributed by atoms with Gasteiger partial charge >= 0.3 is 0 Å². The van der Waals surface area contributed by atoms with Crippen molar-refractivity contribution in [3.8, 4) is 0 Å². The summed E-state index contributed by atoms with van der Waals surface area (Å²) in [4.78, 5) is 0. The van der Waals surface area contributed by atoms with Gasteiger partial charge < -0.3 is 15.8 Å². The zero-order valence-corrected chi connectivity index (χ0v) is 10.4. The SMILES string of the molecule is C=C(Nc1ccc(N)cc1)OC.CCCC. The Morgan fingerprint density at radius 2 is 1.75 bits per heavy atom. The average molecular weight is 222 g/mol. The Morgan fingerprint density at radius 3 is 2.12 bits per heavy atom. The Kier molecular flexibility index (Phi) is 7.76. The monoisotopic (exact) mass is 222 g/mol. The molecule has 0 bridgehead atoms. The van der Waals surface area contributed by atoms with Gasteiger partial charge in [-0.2, -0.15) is 0 Å². The van der Waals surface area contributed by atoms with E-state index in [1.807, 2.05) is 24.3 Å². The molecule has 1 aromatic rings. The molecule has 0 atom stereocenters. The largest absolute Gasteiger partial charge is 0.483 e. The lowest BCUT2D eigenvalue weighted by Crippen LogP contribution is -1.99. The minimum Gasteiger partial charge on any atom is -0.483 e. The van der Waals surface area contributed by atoms with Crippen molar-refractivity contribution in [1.82, 2.24) is 0 Å². The molecule has 3 heteroatoms. The molecule has 1 aromatic carbocycles. The molecule has 3 N–H and O–H groups in total. The normalized spacial score (nSPS) is 8.69. The number of unbranched alkanes of at least 4 members (excludes halogenated alkanes) is 1. The van der Waals surface area contributed by atoms with E-state index >= 15 is 0 Å². The van der Waals surface area contributed by atoms with Crippen LogP contribution in [0.2, 0.25) is 0 Å². The topological polar surface area (TPSA) is 47.3 Å². The molecule has 0 radical (unpaired) electrons. The molecule has 3 nitrogen and oxygen atoms in total. The summed E-state index contributed by atoms with van der Waals surface area (Å²) in [6.45, 7) is 7.99. The molecule has 0 saturated heterocycles. The van der Waals surface area contributed by atoms with Gasteiger partial charge in [-0.1, -0.05) is 26.7 Å². The third-order valence-electron chi connectivity index (χ3n) is 1.94. The highest BCUT2D eigenvalue weighted by atomic mass is 16.5. The third kappa shape index (κ3) is 6.76. The van der Waals surface area contributed by atoms with Gasteiger partial charge in [0.1, 0.15) is 0 Å². The fourth-order valence-electron chi connectivity index (χ4n) is 0.778. The molecular formula is C13H22N2O. The van der Waals surface area contributed by atoms with Gasteiger partial charge in [0.2, 0.25) is 0 Å². The predicted octanol–water partition coefficient (Wildman–Crippen LogP) is 3.60. The lowest BCUT2D eigenvalue weighted by molar-refractivity contribution is 0.299. The molecule has 0 unspecified atom stereocenters. The number of hydrogen-bond acceptors (Lipinski definition) is 3. The predicted molar refractivity (Wildman–Crippen MR) is 71.2 cm³/mol. The van der Waals surface area contributed by atoms with Crippen LogP contribution in [0.25, 0.3) is 0 Å². The molecule has 0 aliphatic rings. The van der Waals surface area contributed by atoms with Crippen molar-refractivity contribution >= 4 is 11.4 Å². The van der Waals surface area contributed by atoms with E-state index in [9.17, 15) is 0 Å². The van der Waals surface area contributed by atoms with E-state index in [1.54, 1.807) is 7.11 Å². The molecule has 0 aliphatic carbocycles. The van der Waals surface area contributed by atoms with Crippen LogP contribution in [0, 0.1) is 0 Å². The van der Waals surface area contributed by atoms with Gasteiger partial charge in [0.15, 0.2) is 5.88 Å². The number of hydrogen-bond donors (Lipinski definition) is 2. The van der Waals surface area contributed by atoms with E-state index < -0.39 is 0 Å².